The number of aromatic nitrogens is 3. The number of thiocarbonyl (C=S) groups is 1. The predicted octanol–water partition coefficient (Wildman–Crippen LogP) is 7.59. The van der Waals surface area contributed by atoms with Crippen LogP contribution in [0.25, 0.3) is 38.7 Å². The van der Waals surface area contributed by atoms with Crippen LogP contribution in [0, 0.1) is 13.8 Å². The van der Waals surface area contributed by atoms with Crippen molar-refractivity contribution in [2.75, 3.05) is 5.32 Å². The average Bonchev–Trinajstić information content (AvgIpc) is 3.36. The van der Waals surface area contributed by atoms with Crippen molar-refractivity contribution in [1.82, 2.24) is 14.4 Å². The van der Waals surface area contributed by atoms with Gasteiger partial charge < -0.3 is 5.32 Å². The van der Waals surface area contributed by atoms with Gasteiger partial charge in [-0.3, -0.25) is 14.2 Å². The molecule has 0 bridgehead atoms. The van der Waals surface area contributed by atoms with Crippen LogP contribution >= 0.6 is 12.2 Å². The fourth-order valence-corrected chi connectivity index (χ4v) is 4.98. The fourth-order valence-electron chi connectivity index (χ4n) is 4.74. The second-order valence-electron chi connectivity index (χ2n) is 9.73. The number of pyridine rings is 2. The van der Waals surface area contributed by atoms with Gasteiger partial charge in [0.25, 0.3) is 0 Å². The Labute approximate surface area is 237 Å². The number of hydrogen-bond donors (Lipinski definition) is 1. The van der Waals surface area contributed by atoms with Gasteiger partial charge in [0.15, 0.2) is 5.43 Å². The molecular formula is C34H26N4OS. The van der Waals surface area contributed by atoms with Crippen LogP contribution in [-0.2, 0) is 0 Å². The van der Waals surface area contributed by atoms with Gasteiger partial charge in [-0.25, -0.2) is 4.98 Å². The van der Waals surface area contributed by atoms with Crippen LogP contribution < -0.4 is 10.7 Å². The number of para-hydroxylation sites is 2. The van der Waals surface area contributed by atoms with E-state index in [2.05, 4.69) is 65.5 Å². The normalized spacial score (nSPS) is 10.9. The van der Waals surface area contributed by atoms with Gasteiger partial charge >= 0.3 is 0 Å². The van der Waals surface area contributed by atoms with Gasteiger partial charge in [0.2, 0.25) is 0 Å². The number of nitrogens with zero attached hydrogens (tertiary/aromatic N) is 3. The minimum absolute atomic E-state index is 0.0402. The number of rotatable bonds is 3. The third kappa shape index (κ3) is 4.93. The number of benzene rings is 4. The van der Waals surface area contributed by atoms with Crippen molar-refractivity contribution in [3.8, 4) is 11.4 Å². The number of nitrogens with one attached hydrogen (secondary N) is 1. The predicted molar refractivity (Wildman–Crippen MR) is 169 cm³/mol. The molecule has 5 nitrogen and oxygen atoms in total. The molecule has 3 heterocycles. The van der Waals surface area contributed by atoms with Crippen LogP contribution in [0.5, 0.6) is 0 Å². The standard InChI is InChI=1S/C17H12N2O.C17H14N2S/c1-11-5-7-12(8-6-11)17-18-14-4-2-3-13-15(20)9-10-19(17)16(13)14;1-12-7-9-14(10-8-12)17(20)19-15-6-2-4-13-5-3-11-18-16(13)15/h2-10H,1H3;2-11H,1H3,(H,19,20). The van der Waals surface area contributed by atoms with Crippen LogP contribution in [-0.4, -0.2) is 19.4 Å². The van der Waals surface area contributed by atoms with E-state index in [0.717, 1.165) is 50.0 Å². The van der Waals surface area contributed by atoms with Crippen molar-refractivity contribution in [3.05, 3.63) is 142 Å². The van der Waals surface area contributed by atoms with Gasteiger partial charge in [0.1, 0.15) is 10.8 Å². The summed E-state index contributed by atoms with van der Waals surface area (Å²) in [5, 5.41) is 5.11. The summed E-state index contributed by atoms with van der Waals surface area (Å²) in [6.45, 7) is 4.13. The quantitative estimate of drug-likeness (QED) is 0.235. The first-order chi connectivity index (χ1) is 19.5. The zero-order valence-electron chi connectivity index (χ0n) is 22.1. The van der Waals surface area contributed by atoms with Crippen molar-refractivity contribution in [1.29, 1.82) is 0 Å². The van der Waals surface area contributed by atoms with E-state index >= 15 is 0 Å². The van der Waals surface area contributed by atoms with E-state index in [4.69, 9.17) is 12.2 Å². The van der Waals surface area contributed by atoms with Gasteiger partial charge in [-0.1, -0.05) is 96.1 Å². The Morgan fingerprint density at radius 3 is 2.27 bits per heavy atom. The molecule has 0 unspecified atom stereocenters. The first-order valence-corrected chi connectivity index (χ1v) is 13.4. The highest BCUT2D eigenvalue weighted by Gasteiger charge is 2.13. The Bertz CT molecular complexity index is 2020. The molecule has 7 aromatic rings. The van der Waals surface area contributed by atoms with Crippen molar-refractivity contribution in [2.45, 2.75) is 13.8 Å². The van der Waals surface area contributed by atoms with Crippen molar-refractivity contribution < 1.29 is 0 Å². The van der Waals surface area contributed by atoms with E-state index in [0.29, 0.717) is 4.99 Å². The Hall–Kier alpha value is -4.94. The molecule has 1 N–H and O–H groups in total. The molecule has 7 rings (SSSR count). The first-order valence-electron chi connectivity index (χ1n) is 13.0. The van der Waals surface area contributed by atoms with Crippen LogP contribution in [0.3, 0.4) is 0 Å². The molecule has 0 fully saturated rings. The largest absolute Gasteiger partial charge is 0.344 e. The first kappa shape index (κ1) is 25.3. The molecule has 0 saturated carbocycles. The summed E-state index contributed by atoms with van der Waals surface area (Å²) < 4.78 is 2.00. The number of anilines is 1. The van der Waals surface area contributed by atoms with E-state index in [9.17, 15) is 4.79 Å². The molecule has 0 amide bonds. The number of aryl methyl sites for hydroxylation is 2. The molecule has 0 atom stereocenters. The highest BCUT2D eigenvalue weighted by Crippen LogP contribution is 2.26. The van der Waals surface area contributed by atoms with E-state index in [1.54, 1.807) is 18.5 Å². The molecule has 4 aromatic carbocycles. The van der Waals surface area contributed by atoms with Gasteiger partial charge in [0, 0.05) is 40.4 Å². The minimum atomic E-state index is 0.0402. The van der Waals surface area contributed by atoms with Gasteiger partial charge in [0.05, 0.1) is 22.2 Å². The summed E-state index contributed by atoms with van der Waals surface area (Å²) in [5.74, 6) is 0.871. The zero-order valence-corrected chi connectivity index (χ0v) is 22.9. The number of fused-ring (bicyclic) bond motifs is 1. The van der Waals surface area contributed by atoms with Crippen molar-refractivity contribution in [2.24, 2.45) is 0 Å². The second kappa shape index (κ2) is 10.7. The van der Waals surface area contributed by atoms with E-state index < -0.39 is 0 Å². The molecule has 0 aliphatic carbocycles. The lowest BCUT2D eigenvalue weighted by molar-refractivity contribution is 1.16. The summed E-state index contributed by atoms with van der Waals surface area (Å²) in [5.41, 5.74) is 8.18. The van der Waals surface area contributed by atoms with E-state index in [1.165, 1.54) is 11.1 Å². The number of hydrogen-bond acceptors (Lipinski definition) is 4. The summed E-state index contributed by atoms with van der Waals surface area (Å²) in [6.07, 6.45) is 3.60. The summed E-state index contributed by atoms with van der Waals surface area (Å²) >= 11 is 5.47. The highest BCUT2D eigenvalue weighted by atomic mass is 32.1. The van der Waals surface area contributed by atoms with Crippen LogP contribution in [0.1, 0.15) is 16.7 Å². The second-order valence-corrected chi connectivity index (χ2v) is 10.1. The Morgan fingerprint density at radius 2 is 1.50 bits per heavy atom. The highest BCUT2D eigenvalue weighted by molar-refractivity contribution is 7.81. The lowest BCUT2D eigenvalue weighted by atomic mass is 10.1. The smallest absolute Gasteiger partial charge is 0.189 e. The van der Waals surface area contributed by atoms with Crippen molar-refractivity contribution >= 4 is 50.2 Å². The molecule has 6 heteroatoms. The molecule has 3 aromatic heterocycles. The SMILES string of the molecule is Cc1ccc(-c2nc3cccc4c(=O)ccn2c34)cc1.Cc1ccc(C(=S)Nc2cccc3cccnc23)cc1. The molecule has 0 radical (unpaired) electrons. The van der Waals surface area contributed by atoms with Gasteiger partial charge in [-0.05, 0) is 38.1 Å². The Kier molecular flexibility index (Phi) is 6.76. The number of imidazole rings is 1. The Balaban J connectivity index is 0.000000145. The molecule has 194 valence electrons. The van der Waals surface area contributed by atoms with Gasteiger partial charge in [-0.15, -0.1) is 0 Å². The third-order valence-corrected chi connectivity index (χ3v) is 7.19. The maximum Gasteiger partial charge on any atom is 0.189 e. The van der Waals surface area contributed by atoms with E-state index in [1.807, 2.05) is 65.1 Å². The molecule has 0 aliphatic heterocycles. The lowest BCUT2D eigenvalue weighted by Gasteiger charge is -2.10. The third-order valence-electron chi connectivity index (χ3n) is 6.86. The minimum Gasteiger partial charge on any atom is -0.344 e. The van der Waals surface area contributed by atoms with E-state index in [-0.39, 0.29) is 5.43 Å². The van der Waals surface area contributed by atoms with Crippen LogP contribution in [0.4, 0.5) is 5.69 Å². The van der Waals surface area contributed by atoms with Crippen LogP contribution in [0.15, 0.2) is 120 Å². The molecule has 0 aliphatic rings. The summed E-state index contributed by atoms with van der Waals surface area (Å²) in [4.78, 5) is 21.7. The summed E-state index contributed by atoms with van der Waals surface area (Å²) in [7, 11) is 0. The van der Waals surface area contributed by atoms with Crippen LogP contribution in [0.2, 0.25) is 0 Å². The van der Waals surface area contributed by atoms with Crippen molar-refractivity contribution in [3.63, 3.8) is 0 Å². The Morgan fingerprint density at radius 1 is 0.800 bits per heavy atom. The monoisotopic (exact) mass is 538 g/mol. The molecule has 0 saturated heterocycles. The average molecular weight is 539 g/mol. The van der Waals surface area contributed by atoms with Gasteiger partial charge in [-0.2, -0.15) is 0 Å². The zero-order chi connectivity index (χ0) is 27.6. The maximum absolute atomic E-state index is 11.9. The summed E-state index contributed by atoms with van der Waals surface area (Å²) in [6, 6.07) is 33.7. The fraction of sp³-hybridized carbons (Fsp3) is 0.0588. The maximum atomic E-state index is 11.9. The molecule has 40 heavy (non-hydrogen) atoms. The topological polar surface area (TPSA) is 59.3 Å². The lowest BCUT2D eigenvalue weighted by Crippen LogP contribution is -2.10. The molecular weight excluding hydrogens is 512 g/mol. The molecule has 0 spiro atoms.